The number of nitrogens with one attached hydrogen (secondary N) is 1. The van der Waals surface area contributed by atoms with E-state index in [0.29, 0.717) is 36.6 Å². The van der Waals surface area contributed by atoms with Crippen molar-refractivity contribution in [3.05, 3.63) is 35.4 Å². The molecule has 2 aromatic heterocycles. The summed E-state index contributed by atoms with van der Waals surface area (Å²) in [5, 5.41) is 3.65. The van der Waals surface area contributed by atoms with Crippen molar-refractivity contribution in [3.8, 4) is 11.6 Å². The average Bonchev–Trinajstić information content (AvgIpc) is 2.52. The Morgan fingerprint density at radius 3 is 3.00 bits per heavy atom. The largest absolute Gasteiger partial charge is 0.484 e. The fraction of sp³-hybridized carbons (Fsp3) is 0.357. The maximum Gasteiger partial charge on any atom is 0.257 e. The molecule has 0 aliphatic carbocycles. The van der Waals surface area contributed by atoms with Gasteiger partial charge in [0.15, 0.2) is 5.75 Å². The van der Waals surface area contributed by atoms with Crippen LogP contribution in [0.15, 0.2) is 24.7 Å². The standard InChI is InChI=1S/C14H15ClN4O2/c1-9(7-17-12-6-11(15)18-8-19-12)10-2-3-16-14-13(10)20-4-5-21-14/h2-3,6,8-9H,4-5,7H2,1H3,(H,17,18,19). The summed E-state index contributed by atoms with van der Waals surface area (Å²) < 4.78 is 11.2. The molecule has 0 radical (unpaired) electrons. The minimum absolute atomic E-state index is 0.206. The highest BCUT2D eigenvalue weighted by molar-refractivity contribution is 6.29. The van der Waals surface area contributed by atoms with Crippen LogP contribution < -0.4 is 14.8 Å². The molecular weight excluding hydrogens is 292 g/mol. The Balaban J connectivity index is 1.72. The van der Waals surface area contributed by atoms with E-state index in [0.717, 1.165) is 11.3 Å². The topological polar surface area (TPSA) is 69.2 Å². The van der Waals surface area contributed by atoms with Crippen molar-refractivity contribution in [2.24, 2.45) is 0 Å². The minimum Gasteiger partial charge on any atom is -0.484 e. The van der Waals surface area contributed by atoms with Gasteiger partial charge in [-0.2, -0.15) is 0 Å². The second-order valence-corrected chi connectivity index (χ2v) is 5.13. The van der Waals surface area contributed by atoms with Gasteiger partial charge in [-0.15, -0.1) is 0 Å². The molecule has 0 saturated heterocycles. The second-order valence-electron chi connectivity index (χ2n) is 4.74. The summed E-state index contributed by atoms with van der Waals surface area (Å²) in [7, 11) is 0. The van der Waals surface area contributed by atoms with Crippen LogP contribution in [0.2, 0.25) is 5.15 Å². The monoisotopic (exact) mass is 306 g/mol. The lowest BCUT2D eigenvalue weighted by Gasteiger charge is -2.22. The van der Waals surface area contributed by atoms with Crippen LogP contribution in [0.5, 0.6) is 11.6 Å². The van der Waals surface area contributed by atoms with E-state index in [1.165, 1.54) is 6.33 Å². The fourth-order valence-electron chi connectivity index (χ4n) is 2.16. The summed E-state index contributed by atoms with van der Waals surface area (Å²) >= 11 is 5.84. The zero-order chi connectivity index (χ0) is 14.7. The van der Waals surface area contributed by atoms with Crippen LogP contribution in [-0.4, -0.2) is 34.7 Å². The smallest absolute Gasteiger partial charge is 0.257 e. The molecule has 0 spiro atoms. The fourth-order valence-corrected chi connectivity index (χ4v) is 2.31. The number of anilines is 1. The lowest BCUT2D eigenvalue weighted by atomic mass is 10.0. The summed E-state index contributed by atoms with van der Waals surface area (Å²) in [5.74, 6) is 2.20. The van der Waals surface area contributed by atoms with Gasteiger partial charge in [0.1, 0.15) is 30.5 Å². The molecule has 0 fully saturated rings. The molecule has 7 heteroatoms. The van der Waals surface area contributed by atoms with Crippen LogP contribution in [-0.2, 0) is 0 Å². The van der Waals surface area contributed by atoms with E-state index >= 15 is 0 Å². The van der Waals surface area contributed by atoms with E-state index in [1.807, 2.05) is 6.07 Å². The van der Waals surface area contributed by atoms with Crippen LogP contribution in [0.1, 0.15) is 18.4 Å². The Morgan fingerprint density at radius 2 is 2.14 bits per heavy atom. The summed E-state index contributed by atoms with van der Waals surface area (Å²) in [6.45, 7) is 3.87. The molecule has 1 unspecified atom stereocenters. The van der Waals surface area contributed by atoms with Gasteiger partial charge in [0.25, 0.3) is 5.88 Å². The van der Waals surface area contributed by atoms with Crippen molar-refractivity contribution < 1.29 is 9.47 Å². The molecule has 0 aromatic carbocycles. The van der Waals surface area contributed by atoms with Crippen molar-refractivity contribution in [2.45, 2.75) is 12.8 Å². The predicted molar refractivity (Wildman–Crippen MR) is 79.2 cm³/mol. The maximum atomic E-state index is 5.84. The van der Waals surface area contributed by atoms with Gasteiger partial charge in [-0.3, -0.25) is 0 Å². The number of halogens is 1. The normalized spacial score (nSPS) is 14.6. The van der Waals surface area contributed by atoms with Crippen LogP contribution >= 0.6 is 11.6 Å². The van der Waals surface area contributed by atoms with Crippen molar-refractivity contribution >= 4 is 17.4 Å². The Labute approximate surface area is 127 Å². The molecule has 0 saturated carbocycles. The van der Waals surface area contributed by atoms with Crippen LogP contribution in [0.3, 0.4) is 0 Å². The third-order valence-electron chi connectivity index (χ3n) is 3.22. The summed E-state index contributed by atoms with van der Waals surface area (Å²) in [6.07, 6.45) is 3.17. The molecule has 110 valence electrons. The molecule has 2 aromatic rings. The highest BCUT2D eigenvalue weighted by atomic mass is 35.5. The van der Waals surface area contributed by atoms with Crippen molar-refractivity contribution in [2.75, 3.05) is 25.1 Å². The zero-order valence-electron chi connectivity index (χ0n) is 11.5. The summed E-state index contributed by atoms with van der Waals surface area (Å²) in [6, 6.07) is 3.64. The Bertz CT molecular complexity index is 638. The Kier molecular flexibility index (Phi) is 4.06. The molecule has 0 amide bonds. The predicted octanol–water partition coefficient (Wildman–Crippen LogP) is 2.51. The van der Waals surface area contributed by atoms with Crippen LogP contribution in [0.25, 0.3) is 0 Å². The molecule has 1 N–H and O–H groups in total. The number of pyridine rings is 1. The number of hydrogen-bond donors (Lipinski definition) is 1. The number of aromatic nitrogens is 3. The molecule has 6 nitrogen and oxygen atoms in total. The van der Waals surface area contributed by atoms with E-state index in [-0.39, 0.29) is 5.92 Å². The molecule has 1 aliphatic rings. The van der Waals surface area contributed by atoms with Gasteiger partial charge in [0.2, 0.25) is 0 Å². The first-order valence-corrected chi connectivity index (χ1v) is 7.08. The maximum absolute atomic E-state index is 5.84. The van der Waals surface area contributed by atoms with E-state index in [9.17, 15) is 0 Å². The van der Waals surface area contributed by atoms with Gasteiger partial charge in [-0.1, -0.05) is 18.5 Å². The van der Waals surface area contributed by atoms with Crippen molar-refractivity contribution in [3.63, 3.8) is 0 Å². The molecule has 3 heterocycles. The summed E-state index contributed by atoms with van der Waals surface area (Å²) in [5.41, 5.74) is 1.06. The lowest BCUT2D eigenvalue weighted by Crippen LogP contribution is -2.19. The highest BCUT2D eigenvalue weighted by Gasteiger charge is 2.20. The molecule has 1 aliphatic heterocycles. The summed E-state index contributed by atoms with van der Waals surface area (Å²) in [4.78, 5) is 12.2. The van der Waals surface area contributed by atoms with Gasteiger partial charge >= 0.3 is 0 Å². The molecule has 21 heavy (non-hydrogen) atoms. The number of rotatable bonds is 4. The van der Waals surface area contributed by atoms with E-state index in [4.69, 9.17) is 21.1 Å². The van der Waals surface area contributed by atoms with Crippen molar-refractivity contribution in [1.29, 1.82) is 0 Å². The molecule has 3 rings (SSSR count). The number of ether oxygens (including phenoxy) is 2. The van der Waals surface area contributed by atoms with E-state index in [1.54, 1.807) is 12.3 Å². The van der Waals surface area contributed by atoms with E-state index in [2.05, 4.69) is 27.2 Å². The van der Waals surface area contributed by atoms with Gasteiger partial charge in [0.05, 0.1) is 0 Å². The minimum atomic E-state index is 0.206. The van der Waals surface area contributed by atoms with Crippen molar-refractivity contribution in [1.82, 2.24) is 15.0 Å². The van der Waals surface area contributed by atoms with Gasteiger partial charge < -0.3 is 14.8 Å². The molecular formula is C14H15ClN4O2. The Morgan fingerprint density at radius 1 is 1.29 bits per heavy atom. The number of fused-ring (bicyclic) bond motifs is 1. The third-order valence-corrected chi connectivity index (χ3v) is 3.43. The zero-order valence-corrected chi connectivity index (χ0v) is 12.3. The highest BCUT2D eigenvalue weighted by Crippen LogP contribution is 2.35. The van der Waals surface area contributed by atoms with Crippen LogP contribution in [0, 0.1) is 0 Å². The van der Waals surface area contributed by atoms with E-state index < -0.39 is 0 Å². The SMILES string of the molecule is CC(CNc1cc(Cl)ncn1)c1ccnc2c1OCCO2. The first kappa shape index (κ1) is 13.9. The molecule has 0 bridgehead atoms. The van der Waals surface area contributed by atoms with Crippen LogP contribution in [0.4, 0.5) is 5.82 Å². The third kappa shape index (κ3) is 3.16. The van der Waals surface area contributed by atoms with Gasteiger partial charge in [-0.25, -0.2) is 15.0 Å². The first-order valence-electron chi connectivity index (χ1n) is 6.70. The average molecular weight is 307 g/mol. The lowest BCUT2D eigenvalue weighted by molar-refractivity contribution is 0.162. The second kappa shape index (κ2) is 6.13. The number of hydrogen-bond acceptors (Lipinski definition) is 6. The first-order chi connectivity index (χ1) is 10.2. The van der Waals surface area contributed by atoms with Gasteiger partial charge in [-0.05, 0) is 6.07 Å². The van der Waals surface area contributed by atoms with Gasteiger partial charge in [0, 0.05) is 30.3 Å². The quantitative estimate of drug-likeness (QED) is 0.875. The molecule has 1 atom stereocenters. The number of nitrogens with zero attached hydrogens (tertiary/aromatic N) is 3. The Hall–Kier alpha value is -2.08.